The Hall–Kier alpha value is -3.22. The number of aliphatic carboxylic acids is 1. The highest BCUT2D eigenvalue weighted by molar-refractivity contribution is 5.88. The third-order valence-corrected chi connectivity index (χ3v) is 5.68. The predicted molar refractivity (Wildman–Crippen MR) is 107 cm³/mol. The molecule has 32 heavy (non-hydrogen) atoms. The van der Waals surface area contributed by atoms with Crippen molar-refractivity contribution in [1.82, 2.24) is 29.9 Å². The number of carboxylic acid groups (broad SMARTS) is 1. The monoisotopic (exact) mass is 453 g/mol. The number of aryl methyl sites for hydroxylation is 1. The molecule has 0 spiro atoms. The smallest absolute Gasteiger partial charge is 0.408 e. The molecule has 3 heterocycles. The Morgan fingerprint density at radius 2 is 2.09 bits per heavy atom. The first-order valence-corrected chi connectivity index (χ1v) is 9.98. The minimum absolute atomic E-state index is 0.121. The topological polar surface area (TPSA) is 131 Å². The Kier molecular flexibility index (Phi) is 5.53. The van der Waals surface area contributed by atoms with Gasteiger partial charge in [0.2, 0.25) is 0 Å². The fourth-order valence-corrected chi connectivity index (χ4v) is 3.96. The number of aromatic nitrogens is 6. The molecular formula is C19H22F3N7O3. The molecule has 1 aliphatic carbocycles. The molecule has 0 aliphatic heterocycles. The van der Waals surface area contributed by atoms with Gasteiger partial charge in [0.1, 0.15) is 18.2 Å². The first kappa shape index (κ1) is 22.0. The van der Waals surface area contributed by atoms with E-state index in [0.29, 0.717) is 29.9 Å². The van der Waals surface area contributed by atoms with Gasteiger partial charge in [-0.3, -0.25) is 9.78 Å². The van der Waals surface area contributed by atoms with Crippen LogP contribution in [0, 0.1) is 6.92 Å². The van der Waals surface area contributed by atoms with Crippen LogP contribution < -0.4 is 5.32 Å². The number of alkyl halides is 3. The predicted octanol–water partition coefficient (Wildman–Crippen LogP) is 3.29. The Morgan fingerprint density at radius 1 is 1.38 bits per heavy atom. The molecule has 0 amide bonds. The number of hydrogen-bond donors (Lipinski definition) is 3. The zero-order chi connectivity index (χ0) is 23.1. The molecule has 0 aromatic carbocycles. The molecule has 3 N–H and O–H groups in total. The van der Waals surface area contributed by atoms with Crippen LogP contribution in [0.1, 0.15) is 43.1 Å². The van der Waals surface area contributed by atoms with Gasteiger partial charge in [0.05, 0.1) is 5.39 Å². The average Bonchev–Trinajstić information content (AvgIpc) is 3.31. The number of nitrogens with zero attached hydrogens (tertiary/aromatic N) is 5. The van der Waals surface area contributed by atoms with Gasteiger partial charge in [0.15, 0.2) is 17.1 Å². The normalized spacial score (nSPS) is 21.7. The van der Waals surface area contributed by atoms with E-state index in [1.54, 1.807) is 6.07 Å². The Balaban J connectivity index is 1.69. The number of ether oxygens (including phenoxy) is 1. The largest absolute Gasteiger partial charge is 0.479 e. The summed E-state index contributed by atoms with van der Waals surface area (Å²) in [6, 6.07) is 1.73. The number of rotatable bonds is 6. The van der Waals surface area contributed by atoms with E-state index < -0.39 is 24.3 Å². The number of aromatic amines is 1. The molecule has 3 aromatic rings. The third-order valence-electron chi connectivity index (χ3n) is 5.68. The number of methoxy groups -OCH3 is 1. The Bertz CT molecular complexity index is 1130. The van der Waals surface area contributed by atoms with Gasteiger partial charge in [-0.05, 0) is 32.6 Å². The van der Waals surface area contributed by atoms with Gasteiger partial charge >= 0.3 is 12.1 Å². The van der Waals surface area contributed by atoms with Crippen molar-refractivity contribution in [2.75, 3.05) is 12.4 Å². The third kappa shape index (κ3) is 4.38. The summed E-state index contributed by atoms with van der Waals surface area (Å²) in [5.41, 5.74) is -0.332. The van der Waals surface area contributed by atoms with Crippen LogP contribution in [0.3, 0.4) is 0 Å². The number of anilines is 2. The number of H-pyrrole nitrogens is 1. The van der Waals surface area contributed by atoms with Crippen LogP contribution >= 0.6 is 0 Å². The second-order valence-corrected chi connectivity index (χ2v) is 7.95. The van der Waals surface area contributed by atoms with Gasteiger partial charge < -0.3 is 15.2 Å². The van der Waals surface area contributed by atoms with Gasteiger partial charge in [-0.2, -0.15) is 23.4 Å². The van der Waals surface area contributed by atoms with Gasteiger partial charge in [0.25, 0.3) is 0 Å². The average molecular weight is 453 g/mol. The molecule has 0 unspecified atom stereocenters. The fraction of sp³-hybridized carbons (Fsp3) is 0.526. The van der Waals surface area contributed by atoms with Gasteiger partial charge in [-0.15, -0.1) is 0 Å². The SMILES string of the molecule is COC1(C(=O)O)CCC(c2nc(Nc3cc(C)[nH]n3)c3cn(CC(F)(F)F)nc3n2)CC1. The fourth-order valence-electron chi connectivity index (χ4n) is 3.96. The lowest BCUT2D eigenvalue weighted by Gasteiger charge is -2.35. The van der Waals surface area contributed by atoms with Crippen molar-refractivity contribution in [3.05, 3.63) is 23.8 Å². The molecule has 0 saturated heterocycles. The number of carboxylic acids is 1. The highest BCUT2D eigenvalue weighted by Crippen LogP contribution is 2.40. The van der Waals surface area contributed by atoms with Gasteiger partial charge in [-0.1, -0.05) is 0 Å². The van der Waals surface area contributed by atoms with Crippen molar-refractivity contribution in [3.63, 3.8) is 0 Å². The standard InChI is InChI=1S/C19H22F3N7O3/c1-10-7-13(27-26-10)23-15-12-8-29(9-19(20,21)22)28-16(12)25-14(24-15)11-3-5-18(32-2,6-4-11)17(30)31/h7-8,11H,3-6,9H2,1-2H3,(H,30,31)(H2,23,24,25,26,27,28). The highest BCUT2D eigenvalue weighted by Gasteiger charge is 2.43. The van der Waals surface area contributed by atoms with Gasteiger partial charge in [-0.25, -0.2) is 14.8 Å². The quantitative estimate of drug-likeness (QED) is 0.518. The van der Waals surface area contributed by atoms with Crippen LogP contribution in [0.25, 0.3) is 11.0 Å². The summed E-state index contributed by atoms with van der Waals surface area (Å²) in [6.07, 6.45) is -1.74. The van der Waals surface area contributed by atoms with E-state index >= 15 is 0 Å². The number of nitrogens with one attached hydrogen (secondary N) is 2. The van der Waals surface area contributed by atoms with E-state index in [0.717, 1.165) is 10.4 Å². The molecule has 1 fully saturated rings. The van der Waals surface area contributed by atoms with E-state index in [1.165, 1.54) is 13.3 Å². The van der Waals surface area contributed by atoms with Crippen molar-refractivity contribution < 1.29 is 27.8 Å². The maximum Gasteiger partial charge on any atom is 0.408 e. The summed E-state index contributed by atoms with van der Waals surface area (Å²) in [5, 5.41) is 23.7. The number of hydrogen-bond acceptors (Lipinski definition) is 7. The van der Waals surface area contributed by atoms with E-state index in [4.69, 9.17) is 4.74 Å². The summed E-state index contributed by atoms with van der Waals surface area (Å²) < 4.78 is 44.7. The van der Waals surface area contributed by atoms with Crippen LogP contribution in [-0.4, -0.2) is 59.9 Å². The molecule has 0 atom stereocenters. The van der Waals surface area contributed by atoms with Crippen LogP contribution in [0.15, 0.2) is 12.3 Å². The molecule has 0 radical (unpaired) electrons. The zero-order valence-electron chi connectivity index (χ0n) is 17.4. The van der Waals surface area contributed by atoms with E-state index in [1.807, 2.05) is 6.92 Å². The first-order valence-electron chi connectivity index (χ1n) is 9.98. The maximum absolute atomic E-state index is 12.9. The number of halogens is 3. The molecule has 1 aliphatic rings. The molecule has 3 aromatic heterocycles. The van der Waals surface area contributed by atoms with E-state index in [9.17, 15) is 23.1 Å². The minimum atomic E-state index is -4.44. The van der Waals surface area contributed by atoms with Crippen molar-refractivity contribution in [3.8, 4) is 0 Å². The van der Waals surface area contributed by atoms with E-state index in [-0.39, 0.29) is 30.2 Å². The minimum Gasteiger partial charge on any atom is -0.479 e. The summed E-state index contributed by atoms with van der Waals surface area (Å²) in [4.78, 5) is 20.6. The first-order chi connectivity index (χ1) is 15.1. The second-order valence-electron chi connectivity index (χ2n) is 7.95. The van der Waals surface area contributed by atoms with Crippen molar-refractivity contribution in [2.24, 2.45) is 0 Å². The zero-order valence-corrected chi connectivity index (χ0v) is 17.4. The van der Waals surface area contributed by atoms with Gasteiger partial charge in [0, 0.05) is 31.0 Å². The summed E-state index contributed by atoms with van der Waals surface area (Å²) in [6.45, 7) is 0.561. The maximum atomic E-state index is 12.9. The Labute approximate surface area is 180 Å². The second kappa shape index (κ2) is 8.04. The molecule has 10 nitrogen and oxygen atoms in total. The van der Waals surface area contributed by atoms with E-state index in [2.05, 4.69) is 30.6 Å². The van der Waals surface area contributed by atoms with Crippen LogP contribution in [0.5, 0.6) is 0 Å². The lowest BCUT2D eigenvalue weighted by atomic mass is 9.78. The van der Waals surface area contributed by atoms with Crippen LogP contribution in [-0.2, 0) is 16.1 Å². The number of fused-ring (bicyclic) bond motifs is 1. The molecule has 172 valence electrons. The molecule has 1 saturated carbocycles. The van der Waals surface area contributed by atoms with Crippen molar-refractivity contribution >= 4 is 28.6 Å². The molecule has 0 bridgehead atoms. The summed E-state index contributed by atoms with van der Waals surface area (Å²) in [5.74, 6) is -0.0791. The lowest BCUT2D eigenvalue weighted by Crippen LogP contribution is -2.43. The summed E-state index contributed by atoms with van der Waals surface area (Å²) in [7, 11) is 1.37. The molecule has 4 rings (SSSR count). The van der Waals surface area contributed by atoms with Crippen LogP contribution in [0.4, 0.5) is 24.8 Å². The van der Waals surface area contributed by atoms with Crippen LogP contribution in [0.2, 0.25) is 0 Å². The summed E-state index contributed by atoms with van der Waals surface area (Å²) >= 11 is 0. The molecular weight excluding hydrogens is 431 g/mol. The van der Waals surface area contributed by atoms with Crippen molar-refractivity contribution in [1.29, 1.82) is 0 Å². The lowest BCUT2D eigenvalue weighted by molar-refractivity contribution is -0.166. The number of carbonyl (C=O) groups is 1. The highest BCUT2D eigenvalue weighted by atomic mass is 19.4. The Morgan fingerprint density at radius 3 is 2.66 bits per heavy atom. The van der Waals surface area contributed by atoms with Crippen molar-refractivity contribution in [2.45, 2.75) is 56.8 Å². The molecule has 13 heteroatoms.